The lowest BCUT2D eigenvalue weighted by Crippen LogP contribution is -2.16. The third-order valence-electron chi connectivity index (χ3n) is 3.76. The molecule has 1 saturated heterocycles. The van der Waals surface area contributed by atoms with Crippen LogP contribution in [0.2, 0.25) is 0 Å². The molecule has 3 rings (SSSR count). The van der Waals surface area contributed by atoms with Gasteiger partial charge in [-0.3, -0.25) is 4.79 Å². The number of hydrogen-bond acceptors (Lipinski definition) is 3. The van der Waals surface area contributed by atoms with Crippen molar-refractivity contribution in [3.8, 4) is 5.75 Å². The molecule has 6 heteroatoms. The van der Waals surface area contributed by atoms with Crippen molar-refractivity contribution in [2.75, 3.05) is 18.5 Å². The Morgan fingerprint density at radius 1 is 1.21 bits per heavy atom. The summed E-state index contributed by atoms with van der Waals surface area (Å²) in [5.74, 6) is 0.579. The van der Waals surface area contributed by atoms with E-state index in [1.165, 1.54) is 0 Å². The molecule has 1 aliphatic heterocycles. The molecule has 1 atom stereocenters. The number of carbonyl (C=O) groups is 1. The van der Waals surface area contributed by atoms with E-state index >= 15 is 0 Å². The van der Waals surface area contributed by atoms with E-state index < -0.39 is 0 Å². The van der Waals surface area contributed by atoms with E-state index in [0.717, 1.165) is 39.8 Å². The van der Waals surface area contributed by atoms with Crippen molar-refractivity contribution in [3.63, 3.8) is 0 Å². The smallest absolute Gasteiger partial charge is 0.255 e. The summed E-state index contributed by atoms with van der Waals surface area (Å²) in [6.45, 7) is 1.37. The number of amides is 1. The zero-order chi connectivity index (χ0) is 16.9. The Bertz CT molecular complexity index is 713. The Morgan fingerprint density at radius 2 is 2.00 bits per heavy atom. The second kappa shape index (κ2) is 8.14. The van der Waals surface area contributed by atoms with Crippen LogP contribution in [0.15, 0.2) is 51.4 Å². The predicted molar refractivity (Wildman–Crippen MR) is 101 cm³/mol. The second-order valence-electron chi connectivity index (χ2n) is 5.55. The first-order valence-electron chi connectivity index (χ1n) is 7.73. The van der Waals surface area contributed by atoms with Crippen molar-refractivity contribution in [2.24, 2.45) is 0 Å². The summed E-state index contributed by atoms with van der Waals surface area (Å²) >= 11 is 6.82. The molecule has 0 aromatic heterocycles. The molecule has 1 amide bonds. The molecule has 1 heterocycles. The molecule has 0 aliphatic carbocycles. The van der Waals surface area contributed by atoms with Gasteiger partial charge in [0.25, 0.3) is 5.91 Å². The van der Waals surface area contributed by atoms with Crippen molar-refractivity contribution in [1.82, 2.24) is 0 Å². The summed E-state index contributed by atoms with van der Waals surface area (Å²) in [6.07, 6.45) is 2.32. The van der Waals surface area contributed by atoms with Crippen LogP contribution >= 0.6 is 31.9 Å². The molecule has 0 bridgehead atoms. The minimum Gasteiger partial charge on any atom is -0.491 e. The average molecular weight is 455 g/mol. The van der Waals surface area contributed by atoms with Gasteiger partial charge in [0.15, 0.2) is 0 Å². The third kappa shape index (κ3) is 4.59. The number of ether oxygens (including phenoxy) is 2. The lowest BCUT2D eigenvalue weighted by atomic mass is 10.2. The van der Waals surface area contributed by atoms with Gasteiger partial charge in [0.05, 0.1) is 11.8 Å². The molecule has 1 aliphatic rings. The maximum absolute atomic E-state index is 12.3. The molecule has 2 aromatic carbocycles. The van der Waals surface area contributed by atoms with Crippen LogP contribution in [0.5, 0.6) is 5.75 Å². The van der Waals surface area contributed by atoms with E-state index in [9.17, 15) is 4.79 Å². The lowest BCUT2D eigenvalue weighted by Gasteiger charge is -2.12. The third-order valence-corrected chi connectivity index (χ3v) is 4.91. The van der Waals surface area contributed by atoms with E-state index in [-0.39, 0.29) is 12.0 Å². The predicted octanol–water partition coefficient (Wildman–Crippen LogP) is 5.02. The molecular formula is C18H17Br2NO3. The highest BCUT2D eigenvalue weighted by molar-refractivity contribution is 9.11. The largest absolute Gasteiger partial charge is 0.491 e. The van der Waals surface area contributed by atoms with Crippen LogP contribution in [0, 0.1) is 0 Å². The molecular weight excluding hydrogens is 438 g/mol. The number of rotatable bonds is 5. The SMILES string of the molecule is O=C(Nc1ccc(Br)cc1Br)c1ccc(OCC2CCCO2)cc1. The fourth-order valence-corrected chi connectivity index (χ4v) is 3.60. The van der Waals surface area contributed by atoms with Gasteiger partial charge in [-0.15, -0.1) is 0 Å². The van der Waals surface area contributed by atoms with E-state index in [4.69, 9.17) is 9.47 Å². The fourth-order valence-electron chi connectivity index (χ4n) is 2.45. The normalized spacial score (nSPS) is 16.8. The number of anilines is 1. The molecule has 2 aromatic rings. The van der Waals surface area contributed by atoms with Crippen LogP contribution in [0.1, 0.15) is 23.2 Å². The highest BCUT2D eigenvalue weighted by atomic mass is 79.9. The van der Waals surface area contributed by atoms with Crippen molar-refractivity contribution in [3.05, 3.63) is 57.0 Å². The first-order valence-corrected chi connectivity index (χ1v) is 9.31. The molecule has 126 valence electrons. The molecule has 0 saturated carbocycles. The van der Waals surface area contributed by atoms with Crippen molar-refractivity contribution >= 4 is 43.5 Å². The fraction of sp³-hybridized carbons (Fsp3) is 0.278. The maximum Gasteiger partial charge on any atom is 0.255 e. The average Bonchev–Trinajstić information content (AvgIpc) is 3.09. The van der Waals surface area contributed by atoms with Crippen LogP contribution in [-0.2, 0) is 4.74 Å². The van der Waals surface area contributed by atoms with Crippen LogP contribution in [0.3, 0.4) is 0 Å². The molecule has 1 N–H and O–H groups in total. The van der Waals surface area contributed by atoms with Gasteiger partial charge in [0.1, 0.15) is 12.4 Å². The van der Waals surface area contributed by atoms with Crippen molar-refractivity contribution in [1.29, 1.82) is 0 Å². The van der Waals surface area contributed by atoms with Crippen LogP contribution in [0.25, 0.3) is 0 Å². The second-order valence-corrected chi connectivity index (χ2v) is 7.32. The van der Waals surface area contributed by atoms with Gasteiger partial charge < -0.3 is 14.8 Å². The first kappa shape index (κ1) is 17.5. The topological polar surface area (TPSA) is 47.6 Å². The number of nitrogens with one attached hydrogen (secondary N) is 1. The number of hydrogen-bond donors (Lipinski definition) is 1. The van der Waals surface area contributed by atoms with Crippen LogP contribution in [-0.4, -0.2) is 25.2 Å². The van der Waals surface area contributed by atoms with Gasteiger partial charge in [0, 0.05) is 21.1 Å². The lowest BCUT2D eigenvalue weighted by molar-refractivity contribution is 0.0679. The summed E-state index contributed by atoms with van der Waals surface area (Å²) < 4.78 is 13.0. The van der Waals surface area contributed by atoms with Crippen LogP contribution < -0.4 is 10.1 Å². The van der Waals surface area contributed by atoms with Crippen molar-refractivity contribution in [2.45, 2.75) is 18.9 Å². The van der Waals surface area contributed by atoms with Crippen LogP contribution in [0.4, 0.5) is 5.69 Å². The standard InChI is InChI=1S/C18H17Br2NO3/c19-13-5-8-17(16(20)10-13)21-18(22)12-3-6-14(7-4-12)24-11-15-2-1-9-23-15/h3-8,10,15H,1-2,9,11H2,(H,21,22). The van der Waals surface area contributed by atoms with Gasteiger partial charge in [0.2, 0.25) is 0 Å². The Labute approximate surface area is 157 Å². The Kier molecular flexibility index (Phi) is 5.92. The van der Waals surface area contributed by atoms with Gasteiger partial charge in [-0.1, -0.05) is 15.9 Å². The number of benzene rings is 2. The Balaban J connectivity index is 1.58. The highest BCUT2D eigenvalue weighted by Crippen LogP contribution is 2.26. The van der Waals surface area contributed by atoms with Gasteiger partial charge in [-0.2, -0.15) is 0 Å². The molecule has 1 fully saturated rings. The first-order chi connectivity index (χ1) is 11.6. The highest BCUT2D eigenvalue weighted by Gasteiger charge is 2.16. The molecule has 0 spiro atoms. The Morgan fingerprint density at radius 3 is 2.67 bits per heavy atom. The summed E-state index contributed by atoms with van der Waals surface area (Å²) in [4.78, 5) is 12.3. The Hall–Kier alpha value is -1.37. The summed E-state index contributed by atoms with van der Waals surface area (Å²) in [7, 11) is 0. The number of halogens is 2. The minimum absolute atomic E-state index is 0.163. The van der Waals surface area contributed by atoms with E-state index in [1.54, 1.807) is 24.3 Å². The number of carbonyl (C=O) groups excluding carboxylic acids is 1. The molecule has 24 heavy (non-hydrogen) atoms. The van der Waals surface area contributed by atoms with Crippen molar-refractivity contribution < 1.29 is 14.3 Å². The summed E-state index contributed by atoms with van der Waals surface area (Å²) in [6, 6.07) is 12.7. The summed E-state index contributed by atoms with van der Waals surface area (Å²) in [5, 5.41) is 2.88. The van der Waals surface area contributed by atoms with Gasteiger partial charge in [-0.25, -0.2) is 0 Å². The summed E-state index contributed by atoms with van der Waals surface area (Å²) in [5.41, 5.74) is 1.30. The molecule has 1 unspecified atom stereocenters. The zero-order valence-electron chi connectivity index (χ0n) is 12.9. The molecule has 4 nitrogen and oxygen atoms in total. The van der Waals surface area contributed by atoms with Gasteiger partial charge >= 0.3 is 0 Å². The van der Waals surface area contributed by atoms with E-state index in [1.807, 2.05) is 18.2 Å². The van der Waals surface area contributed by atoms with E-state index in [0.29, 0.717) is 12.2 Å². The van der Waals surface area contributed by atoms with E-state index in [2.05, 4.69) is 37.2 Å². The van der Waals surface area contributed by atoms with Gasteiger partial charge in [-0.05, 0) is 71.2 Å². The minimum atomic E-state index is -0.163. The monoisotopic (exact) mass is 453 g/mol. The maximum atomic E-state index is 12.3. The molecule has 0 radical (unpaired) electrons. The zero-order valence-corrected chi connectivity index (χ0v) is 16.1. The quantitative estimate of drug-likeness (QED) is 0.689.